The Balaban J connectivity index is 1.58. The van der Waals surface area contributed by atoms with Crippen LogP contribution in [0.5, 0.6) is 0 Å². The first-order valence-electron chi connectivity index (χ1n) is 10.1. The van der Waals surface area contributed by atoms with Crippen molar-refractivity contribution in [2.45, 2.75) is 32.1 Å². The highest BCUT2D eigenvalue weighted by Gasteiger charge is 2.25. The normalized spacial score (nSPS) is 21.0. The smallest absolute Gasteiger partial charge is 0.307 e. The maximum absolute atomic E-state index is 11.3. The van der Waals surface area contributed by atoms with Gasteiger partial charge in [0.2, 0.25) is 0 Å². The van der Waals surface area contributed by atoms with E-state index in [1.165, 1.54) is 31.4 Å². The Hall–Kier alpha value is -1.66. The summed E-state index contributed by atoms with van der Waals surface area (Å²) in [4.78, 5) is 13.6. The summed E-state index contributed by atoms with van der Waals surface area (Å²) in [6, 6.07) is 15.5. The topological polar surface area (TPSA) is 40.5 Å². The van der Waals surface area contributed by atoms with Gasteiger partial charge in [0.05, 0.1) is 5.92 Å². The third-order valence-electron chi connectivity index (χ3n) is 5.98. The molecule has 28 heavy (non-hydrogen) atoms. The van der Waals surface area contributed by atoms with E-state index in [4.69, 9.17) is 0 Å². The molecule has 0 radical (unpaired) electrons. The number of benzene rings is 2. The van der Waals surface area contributed by atoms with Crippen LogP contribution in [0.4, 0.5) is 0 Å². The second kappa shape index (κ2) is 8.78. The number of nitrogens with zero attached hydrogens (tertiary/aromatic N) is 1. The zero-order valence-corrected chi connectivity index (χ0v) is 18.2. The number of fused-ring (bicyclic) bond motifs is 2. The van der Waals surface area contributed by atoms with E-state index in [9.17, 15) is 9.90 Å². The molecule has 1 saturated heterocycles. The molecule has 1 aliphatic carbocycles. The van der Waals surface area contributed by atoms with Crippen LogP contribution in [0.3, 0.4) is 0 Å². The zero-order chi connectivity index (χ0) is 19.5. The van der Waals surface area contributed by atoms with Crippen molar-refractivity contribution in [3.05, 3.63) is 74.4 Å². The number of rotatable bonds is 4. The maximum atomic E-state index is 11.3. The van der Waals surface area contributed by atoms with Crippen LogP contribution < -0.4 is 0 Å². The Morgan fingerprint density at radius 1 is 1.14 bits per heavy atom. The van der Waals surface area contributed by atoms with Gasteiger partial charge in [0.15, 0.2) is 0 Å². The fraction of sp³-hybridized carbons (Fsp3) is 0.375. The molecule has 1 heterocycles. The third kappa shape index (κ3) is 4.33. The number of hydrogen-bond donors (Lipinski definition) is 1. The third-order valence-corrected chi connectivity index (χ3v) is 6.65. The van der Waals surface area contributed by atoms with Crippen LogP contribution in [-0.4, -0.2) is 35.6 Å². The number of carboxylic acid groups (broad SMARTS) is 1. The number of aryl methyl sites for hydroxylation is 2. The Morgan fingerprint density at radius 3 is 2.79 bits per heavy atom. The van der Waals surface area contributed by atoms with Gasteiger partial charge in [-0.25, -0.2) is 0 Å². The highest BCUT2D eigenvalue weighted by molar-refractivity contribution is 14.1. The lowest BCUT2D eigenvalue weighted by Gasteiger charge is -2.30. The molecule has 0 saturated carbocycles. The van der Waals surface area contributed by atoms with E-state index in [1.807, 2.05) is 0 Å². The summed E-state index contributed by atoms with van der Waals surface area (Å²) in [5, 5.41) is 9.32. The predicted molar refractivity (Wildman–Crippen MR) is 122 cm³/mol. The lowest BCUT2D eigenvalue weighted by Crippen LogP contribution is -2.39. The first kappa shape index (κ1) is 19.6. The summed E-state index contributed by atoms with van der Waals surface area (Å²) in [5.41, 5.74) is 6.89. The van der Waals surface area contributed by atoms with Crippen molar-refractivity contribution in [1.29, 1.82) is 0 Å². The molecule has 0 spiro atoms. The van der Waals surface area contributed by atoms with Crippen molar-refractivity contribution in [2.75, 3.05) is 19.6 Å². The Bertz CT molecular complexity index is 905. The standard InChI is InChI=1S/C24H26INO2/c25-20-11-12-22-18(15-20)10-9-17-5-1-2-7-21(17)23(22)8-4-14-26-13-3-6-19(16-26)24(27)28/h1-2,5,7-8,11-12,15,19H,3-4,6,9-10,13-14,16H2,(H,27,28)/t19-/m1/s1. The summed E-state index contributed by atoms with van der Waals surface area (Å²) in [7, 11) is 0. The molecule has 1 aliphatic heterocycles. The Morgan fingerprint density at radius 2 is 1.93 bits per heavy atom. The van der Waals surface area contributed by atoms with Gasteiger partial charge in [0, 0.05) is 16.7 Å². The molecular weight excluding hydrogens is 461 g/mol. The lowest BCUT2D eigenvalue weighted by atomic mass is 9.93. The SMILES string of the molecule is O=C(O)[C@@H]1CCCN(CCC=C2c3ccccc3CCc3cc(I)ccc32)C1. The minimum atomic E-state index is -0.649. The molecule has 2 aliphatic rings. The Labute approximate surface area is 180 Å². The fourth-order valence-corrected chi connectivity index (χ4v) is 5.07. The minimum Gasteiger partial charge on any atom is -0.481 e. The van der Waals surface area contributed by atoms with Crippen molar-refractivity contribution in [2.24, 2.45) is 5.92 Å². The fourth-order valence-electron chi connectivity index (χ4n) is 4.52. The molecule has 0 bridgehead atoms. The van der Waals surface area contributed by atoms with Crippen LogP contribution in [0.2, 0.25) is 0 Å². The van der Waals surface area contributed by atoms with Crippen LogP contribution in [-0.2, 0) is 17.6 Å². The van der Waals surface area contributed by atoms with E-state index in [2.05, 4.69) is 76.0 Å². The van der Waals surface area contributed by atoms with E-state index >= 15 is 0 Å². The monoisotopic (exact) mass is 487 g/mol. The molecule has 2 aromatic carbocycles. The molecule has 0 unspecified atom stereocenters. The van der Waals surface area contributed by atoms with Crippen LogP contribution in [0, 0.1) is 9.49 Å². The number of carbonyl (C=O) groups is 1. The maximum Gasteiger partial charge on any atom is 0.307 e. The van der Waals surface area contributed by atoms with Crippen LogP contribution in [0.25, 0.3) is 5.57 Å². The minimum absolute atomic E-state index is 0.206. The molecule has 1 atom stereocenters. The number of aliphatic carboxylic acids is 1. The van der Waals surface area contributed by atoms with E-state index in [0.29, 0.717) is 6.54 Å². The number of halogens is 1. The zero-order valence-electron chi connectivity index (χ0n) is 16.0. The molecule has 1 fully saturated rings. The number of carboxylic acids is 1. The van der Waals surface area contributed by atoms with E-state index in [1.54, 1.807) is 0 Å². The first-order valence-corrected chi connectivity index (χ1v) is 11.2. The van der Waals surface area contributed by atoms with Crippen molar-refractivity contribution in [3.8, 4) is 0 Å². The summed E-state index contributed by atoms with van der Waals surface area (Å²) < 4.78 is 1.29. The van der Waals surface area contributed by atoms with Gasteiger partial charge in [-0.3, -0.25) is 4.79 Å². The van der Waals surface area contributed by atoms with Gasteiger partial charge in [0.1, 0.15) is 0 Å². The van der Waals surface area contributed by atoms with Gasteiger partial charge in [0.25, 0.3) is 0 Å². The number of likely N-dealkylation sites (tertiary alicyclic amines) is 1. The predicted octanol–water partition coefficient (Wildman–Crippen LogP) is 5.01. The molecule has 146 valence electrons. The van der Waals surface area contributed by atoms with Crippen molar-refractivity contribution >= 4 is 34.1 Å². The lowest BCUT2D eigenvalue weighted by molar-refractivity contribution is -0.143. The Kier molecular flexibility index (Phi) is 6.16. The van der Waals surface area contributed by atoms with Gasteiger partial charge in [-0.1, -0.05) is 36.4 Å². The second-order valence-corrected chi connectivity index (χ2v) is 9.09. The summed E-state index contributed by atoms with van der Waals surface area (Å²) in [5.74, 6) is -0.855. The van der Waals surface area contributed by atoms with Crippen molar-refractivity contribution in [1.82, 2.24) is 4.90 Å². The second-order valence-electron chi connectivity index (χ2n) is 7.84. The molecule has 2 aromatic rings. The van der Waals surface area contributed by atoms with E-state index in [-0.39, 0.29) is 5.92 Å². The quantitative estimate of drug-likeness (QED) is 0.617. The molecule has 3 nitrogen and oxygen atoms in total. The summed E-state index contributed by atoms with van der Waals surface area (Å²) in [6.07, 6.45) is 7.27. The van der Waals surface area contributed by atoms with Gasteiger partial charge in [-0.15, -0.1) is 0 Å². The van der Waals surface area contributed by atoms with E-state index in [0.717, 1.165) is 45.2 Å². The van der Waals surface area contributed by atoms with Gasteiger partial charge < -0.3 is 10.0 Å². The van der Waals surface area contributed by atoms with Crippen molar-refractivity contribution < 1.29 is 9.90 Å². The van der Waals surface area contributed by atoms with Gasteiger partial charge in [-0.2, -0.15) is 0 Å². The van der Waals surface area contributed by atoms with E-state index < -0.39 is 5.97 Å². The molecule has 0 aromatic heterocycles. The van der Waals surface area contributed by atoms with Crippen LogP contribution in [0.1, 0.15) is 41.5 Å². The summed E-state index contributed by atoms with van der Waals surface area (Å²) >= 11 is 2.40. The molecule has 1 N–H and O–H groups in total. The average molecular weight is 487 g/mol. The number of piperidine rings is 1. The summed E-state index contributed by atoms with van der Waals surface area (Å²) in [6.45, 7) is 2.62. The number of hydrogen-bond acceptors (Lipinski definition) is 2. The highest BCUT2D eigenvalue weighted by Crippen LogP contribution is 2.34. The molecule has 4 rings (SSSR count). The molecule has 4 heteroatoms. The highest BCUT2D eigenvalue weighted by atomic mass is 127. The van der Waals surface area contributed by atoms with Crippen LogP contribution in [0.15, 0.2) is 48.5 Å². The molecular formula is C24H26INO2. The van der Waals surface area contributed by atoms with Gasteiger partial charge in [-0.05, 0) is 101 Å². The van der Waals surface area contributed by atoms with Gasteiger partial charge >= 0.3 is 5.97 Å². The molecule has 0 amide bonds. The van der Waals surface area contributed by atoms with Crippen molar-refractivity contribution in [3.63, 3.8) is 0 Å². The van der Waals surface area contributed by atoms with Crippen LogP contribution >= 0.6 is 22.6 Å². The largest absolute Gasteiger partial charge is 0.481 e. The average Bonchev–Trinajstić information content (AvgIpc) is 2.85. The first-order chi connectivity index (χ1) is 13.6.